The maximum atomic E-state index is 11.4. The molecular weight excluding hydrogens is 331 g/mol. The Kier molecular flexibility index (Phi) is 13.4. The van der Waals surface area contributed by atoms with Crippen molar-refractivity contribution in [1.29, 1.82) is 0 Å². The van der Waals surface area contributed by atoms with E-state index in [1.165, 1.54) is 51.4 Å². The van der Waals surface area contributed by atoms with Crippen LogP contribution in [0.3, 0.4) is 0 Å². The summed E-state index contributed by atoms with van der Waals surface area (Å²) in [5, 5.41) is 0. The van der Waals surface area contributed by atoms with Crippen LogP contribution < -0.4 is 29.6 Å². The molecule has 0 radical (unpaired) electrons. The molecule has 1 rings (SSSR count). The van der Waals surface area contributed by atoms with Gasteiger partial charge in [0.25, 0.3) is 0 Å². The Morgan fingerprint density at radius 3 is 1.88 bits per heavy atom. The minimum absolute atomic E-state index is 0. The Morgan fingerprint density at radius 2 is 1.38 bits per heavy atom. The predicted molar refractivity (Wildman–Crippen MR) is 94.7 cm³/mol. The van der Waals surface area contributed by atoms with E-state index in [1.54, 1.807) is 19.1 Å². The summed E-state index contributed by atoms with van der Waals surface area (Å²) in [4.78, 5) is -0.00377. The van der Waals surface area contributed by atoms with Crippen LogP contribution in [-0.2, 0) is 16.5 Å². The Morgan fingerprint density at radius 1 is 0.875 bits per heavy atom. The van der Waals surface area contributed by atoms with Crippen molar-refractivity contribution in [2.45, 2.75) is 89.4 Å². The van der Waals surface area contributed by atoms with Crippen molar-refractivity contribution in [3.63, 3.8) is 0 Å². The van der Waals surface area contributed by atoms with Crippen LogP contribution in [0.25, 0.3) is 0 Å². The first-order valence-electron chi connectivity index (χ1n) is 9.01. The number of rotatable bonds is 12. The van der Waals surface area contributed by atoms with Crippen molar-refractivity contribution >= 4 is 10.1 Å². The molecular formula is C19H31NaO3S. The van der Waals surface area contributed by atoms with Gasteiger partial charge in [0.1, 0.15) is 10.1 Å². The normalized spacial score (nSPS) is 11.3. The van der Waals surface area contributed by atoms with Gasteiger partial charge in [0.15, 0.2) is 0 Å². The molecule has 0 N–H and O–H groups in total. The summed E-state index contributed by atoms with van der Waals surface area (Å²) in [6.45, 7) is 3.92. The van der Waals surface area contributed by atoms with Gasteiger partial charge in [-0.1, -0.05) is 82.9 Å². The van der Waals surface area contributed by atoms with Crippen LogP contribution in [0.15, 0.2) is 23.1 Å². The summed E-state index contributed by atoms with van der Waals surface area (Å²) in [7, 11) is -4.38. The largest absolute Gasteiger partial charge is 1.00 e. The van der Waals surface area contributed by atoms with Crippen LogP contribution in [0.1, 0.15) is 82.3 Å². The zero-order valence-corrected chi connectivity index (χ0v) is 18.5. The molecule has 3 nitrogen and oxygen atoms in total. The molecule has 1 aromatic rings. The van der Waals surface area contributed by atoms with Gasteiger partial charge in [0, 0.05) is 0 Å². The number of benzene rings is 1. The molecule has 0 unspecified atom stereocenters. The van der Waals surface area contributed by atoms with E-state index < -0.39 is 10.1 Å². The quantitative estimate of drug-likeness (QED) is 0.326. The first kappa shape index (κ1) is 24.1. The van der Waals surface area contributed by atoms with Gasteiger partial charge in [-0.25, -0.2) is 8.42 Å². The number of unbranched alkanes of at least 4 members (excludes halogenated alkanes) is 9. The van der Waals surface area contributed by atoms with Crippen LogP contribution >= 0.6 is 0 Å². The maximum Gasteiger partial charge on any atom is 1.00 e. The molecule has 0 aromatic heterocycles. The molecule has 0 atom stereocenters. The molecule has 5 heteroatoms. The van der Waals surface area contributed by atoms with Crippen molar-refractivity contribution in [3.05, 3.63) is 29.3 Å². The van der Waals surface area contributed by atoms with Crippen molar-refractivity contribution in [1.82, 2.24) is 0 Å². The van der Waals surface area contributed by atoms with Crippen molar-refractivity contribution < 1.29 is 42.5 Å². The summed E-state index contributed by atoms with van der Waals surface area (Å²) in [6, 6.07) is 5.29. The Hall–Kier alpha value is 0.130. The summed E-state index contributed by atoms with van der Waals surface area (Å²) < 4.78 is 34.2. The second kappa shape index (κ2) is 13.3. The molecule has 0 spiro atoms. The van der Waals surface area contributed by atoms with Gasteiger partial charge in [-0.3, -0.25) is 0 Å². The van der Waals surface area contributed by atoms with Gasteiger partial charge in [-0.15, -0.1) is 0 Å². The first-order valence-corrected chi connectivity index (χ1v) is 10.4. The molecule has 0 amide bonds. The van der Waals surface area contributed by atoms with Gasteiger partial charge < -0.3 is 4.55 Å². The molecule has 0 fully saturated rings. The van der Waals surface area contributed by atoms with E-state index in [4.69, 9.17) is 0 Å². The SMILES string of the molecule is CCCCCCCCCCCCc1cccc(C)c1S(=O)(=O)[O-].[Na+]. The van der Waals surface area contributed by atoms with Crippen LogP contribution in [0, 0.1) is 6.92 Å². The average Bonchev–Trinajstić information content (AvgIpc) is 2.48. The summed E-state index contributed by atoms with van der Waals surface area (Å²) in [5.41, 5.74) is 1.24. The van der Waals surface area contributed by atoms with E-state index in [0.717, 1.165) is 12.8 Å². The number of hydrogen-bond donors (Lipinski definition) is 0. The van der Waals surface area contributed by atoms with Gasteiger partial charge in [0.2, 0.25) is 0 Å². The van der Waals surface area contributed by atoms with E-state index >= 15 is 0 Å². The van der Waals surface area contributed by atoms with Crippen molar-refractivity contribution in [3.8, 4) is 0 Å². The van der Waals surface area contributed by atoms with E-state index in [2.05, 4.69) is 6.92 Å². The molecule has 132 valence electrons. The fourth-order valence-corrected chi connectivity index (χ4v) is 4.02. The summed E-state index contributed by atoms with van der Waals surface area (Å²) in [6.07, 6.45) is 13.1. The Balaban J connectivity index is 0.00000529. The summed E-state index contributed by atoms with van der Waals surface area (Å²) in [5.74, 6) is 0. The second-order valence-corrected chi connectivity index (χ2v) is 7.77. The van der Waals surface area contributed by atoms with Gasteiger partial charge in [0.05, 0.1) is 4.90 Å². The van der Waals surface area contributed by atoms with E-state index in [9.17, 15) is 13.0 Å². The second-order valence-electron chi connectivity index (χ2n) is 6.45. The predicted octanol–water partition coefficient (Wildman–Crippen LogP) is 2.37. The molecule has 0 heterocycles. The standard InChI is InChI=1S/C19H32O3S.Na/c1-3-4-5-6-7-8-9-10-11-12-15-18-16-13-14-17(2)19(18)23(20,21)22;/h13-14,16H,3-12,15H2,1-2H3,(H,20,21,22);/q;+1/p-1. The number of hydrogen-bond acceptors (Lipinski definition) is 3. The minimum atomic E-state index is -4.38. The molecule has 0 aliphatic carbocycles. The zero-order chi connectivity index (χ0) is 17.1. The van der Waals surface area contributed by atoms with Crippen LogP contribution in [-0.4, -0.2) is 13.0 Å². The molecule has 0 bridgehead atoms. The van der Waals surface area contributed by atoms with Crippen LogP contribution in [0.4, 0.5) is 0 Å². The molecule has 0 saturated heterocycles. The fourth-order valence-electron chi connectivity index (χ4n) is 3.07. The van der Waals surface area contributed by atoms with Gasteiger partial charge >= 0.3 is 29.6 Å². The molecule has 24 heavy (non-hydrogen) atoms. The van der Waals surface area contributed by atoms with Crippen molar-refractivity contribution in [2.75, 3.05) is 0 Å². The van der Waals surface area contributed by atoms with Gasteiger partial charge in [-0.2, -0.15) is 0 Å². The fraction of sp³-hybridized carbons (Fsp3) is 0.684. The summed E-state index contributed by atoms with van der Waals surface area (Å²) >= 11 is 0. The van der Waals surface area contributed by atoms with Crippen molar-refractivity contribution in [2.24, 2.45) is 0 Å². The monoisotopic (exact) mass is 362 g/mol. The average molecular weight is 363 g/mol. The smallest absolute Gasteiger partial charge is 0.744 e. The number of aryl methyl sites for hydroxylation is 2. The third-order valence-corrected chi connectivity index (χ3v) is 5.43. The van der Waals surface area contributed by atoms with E-state index in [-0.39, 0.29) is 34.5 Å². The van der Waals surface area contributed by atoms with E-state index in [1.807, 2.05) is 6.07 Å². The minimum Gasteiger partial charge on any atom is -0.744 e. The third kappa shape index (κ3) is 9.57. The Bertz CT molecular complexity index is 556. The van der Waals surface area contributed by atoms with E-state index in [0.29, 0.717) is 17.5 Å². The maximum absolute atomic E-state index is 11.4. The Labute approximate surface area is 170 Å². The third-order valence-electron chi connectivity index (χ3n) is 4.34. The van der Waals surface area contributed by atoms with Crippen LogP contribution in [0.2, 0.25) is 0 Å². The molecule has 0 aliphatic heterocycles. The molecule has 1 aromatic carbocycles. The molecule has 0 saturated carbocycles. The zero-order valence-electron chi connectivity index (χ0n) is 15.6. The van der Waals surface area contributed by atoms with Gasteiger partial charge in [-0.05, 0) is 30.9 Å². The van der Waals surface area contributed by atoms with Crippen LogP contribution in [0.5, 0.6) is 0 Å². The molecule has 0 aliphatic rings. The topological polar surface area (TPSA) is 57.2 Å². The first-order chi connectivity index (χ1) is 11.0.